The Kier molecular flexibility index (Phi) is 6.47. The molecule has 5 nitrogen and oxygen atoms in total. The summed E-state index contributed by atoms with van der Waals surface area (Å²) in [5.41, 5.74) is 2.54. The van der Waals surface area contributed by atoms with Crippen molar-refractivity contribution >= 4 is 17.5 Å². The van der Waals surface area contributed by atoms with Gasteiger partial charge in [0.05, 0.1) is 6.10 Å². The Morgan fingerprint density at radius 2 is 1.89 bits per heavy atom. The van der Waals surface area contributed by atoms with Crippen LogP contribution in [0.25, 0.3) is 0 Å². The van der Waals surface area contributed by atoms with Crippen molar-refractivity contribution in [3.05, 3.63) is 65.7 Å². The third-order valence-electron chi connectivity index (χ3n) is 5.38. The van der Waals surface area contributed by atoms with Crippen LogP contribution < -0.4 is 10.6 Å². The monoisotopic (exact) mass is 380 g/mol. The molecule has 0 aromatic heterocycles. The maximum atomic E-state index is 12.2. The average molecular weight is 380 g/mol. The van der Waals surface area contributed by atoms with Gasteiger partial charge < -0.3 is 15.7 Å². The Labute approximate surface area is 166 Å². The number of rotatable bonds is 8. The number of anilines is 1. The number of nitrogens with one attached hydrogen (secondary N) is 2. The molecule has 148 valence electrons. The molecule has 3 N–H and O–H groups in total. The van der Waals surface area contributed by atoms with Crippen molar-refractivity contribution in [2.24, 2.45) is 0 Å². The van der Waals surface area contributed by atoms with Crippen molar-refractivity contribution in [1.29, 1.82) is 0 Å². The maximum absolute atomic E-state index is 12.2. The van der Waals surface area contributed by atoms with Crippen LogP contribution in [0.3, 0.4) is 0 Å². The van der Waals surface area contributed by atoms with Gasteiger partial charge in [0.25, 0.3) is 0 Å². The van der Waals surface area contributed by atoms with E-state index >= 15 is 0 Å². The highest BCUT2D eigenvalue weighted by Crippen LogP contribution is 2.25. The molecule has 0 spiro atoms. The molecule has 1 aliphatic heterocycles. The van der Waals surface area contributed by atoms with E-state index in [4.69, 9.17) is 0 Å². The van der Waals surface area contributed by atoms with E-state index in [-0.39, 0.29) is 17.4 Å². The summed E-state index contributed by atoms with van der Waals surface area (Å²) in [6, 6.07) is 17.4. The van der Waals surface area contributed by atoms with Gasteiger partial charge in [-0.3, -0.25) is 9.59 Å². The van der Waals surface area contributed by atoms with Crippen molar-refractivity contribution in [2.75, 3.05) is 5.32 Å². The molecule has 1 saturated heterocycles. The standard InChI is InChI=1S/C23H28N2O3/c1-23(16-14-22(28)25-23)15-13-21(27)24-19-10-7-17(8-11-19)9-12-20(26)18-5-3-2-4-6-18/h2-8,10-11,20,26H,9,12-16H2,1H3,(H,24,27)(H,25,28). The first-order valence-electron chi connectivity index (χ1n) is 9.86. The van der Waals surface area contributed by atoms with Crippen LogP contribution in [0, 0.1) is 0 Å². The molecule has 1 heterocycles. The second kappa shape index (κ2) is 9.02. The number of aliphatic hydroxyl groups excluding tert-OH is 1. The fourth-order valence-electron chi connectivity index (χ4n) is 3.55. The van der Waals surface area contributed by atoms with Crippen LogP contribution in [-0.2, 0) is 16.0 Å². The number of aliphatic hydroxyl groups is 1. The van der Waals surface area contributed by atoms with Gasteiger partial charge in [-0.25, -0.2) is 0 Å². The Hall–Kier alpha value is -2.66. The Bertz CT molecular complexity index is 804. The lowest BCUT2D eigenvalue weighted by Gasteiger charge is -2.23. The van der Waals surface area contributed by atoms with Gasteiger partial charge in [-0.2, -0.15) is 0 Å². The van der Waals surface area contributed by atoms with Crippen molar-refractivity contribution in [3.63, 3.8) is 0 Å². The predicted octanol–water partition coefficient (Wildman–Crippen LogP) is 3.74. The highest BCUT2D eigenvalue weighted by Gasteiger charge is 2.32. The van der Waals surface area contributed by atoms with Crippen LogP contribution >= 0.6 is 0 Å². The summed E-state index contributed by atoms with van der Waals surface area (Å²) in [7, 11) is 0. The summed E-state index contributed by atoms with van der Waals surface area (Å²) in [5, 5.41) is 16.1. The summed E-state index contributed by atoms with van der Waals surface area (Å²) >= 11 is 0. The Morgan fingerprint density at radius 1 is 1.18 bits per heavy atom. The first-order valence-corrected chi connectivity index (χ1v) is 9.86. The van der Waals surface area contributed by atoms with Crippen molar-refractivity contribution in [2.45, 2.75) is 57.1 Å². The Balaban J connectivity index is 1.43. The van der Waals surface area contributed by atoms with Gasteiger partial charge in [0, 0.05) is 24.1 Å². The highest BCUT2D eigenvalue weighted by molar-refractivity contribution is 5.90. The zero-order valence-electron chi connectivity index (χ0n) is 16.3. The molecular formula is C23H28N2O3. The number of carbonyl (C=O) groups is 2. The molecule has 3 rings (SSSR count). The average Bonchev–Trinajstić information content (AvgIpc) is 3.05. The zero-order valence-corrected chi connectivity index (χ0v) is 16.3. The number of aryl methyl sites for hydroxylation is 1. The number of hydrogen-bond donors (Lipinski definition) is 3. The van der Waals surface area contributed by atoms with Crippen LogP contribution in [0.5, 0.6) is 0 Å². The number of amides is 2. The van der Waals surface area contributed by atoms with Gasteiger partial charge in [0.2, 0.25) is 11.8 Å². The lowest BCUT2D eigenvalue weighted by atomic mass is 9.94. The van der Waals surface area contributed by atoms with Crippen LogP contribution in [0.15, 0.2) is 54.6 Å². The number of carbonyl (C=O) groups excluding carboxylic acids is 2. The lowest BCUT2D eigenvalue weighted by molar-refractivity contribution is -0.120. The topological polar surface area (TPSA) is 78.4 Å². The summed E-state index contributed by atoms with van der Waals surface area (Å²) in [6.45, 7) is 1.99. The maximum Gasteiger partial charge on any atom is 0.224 e. The van der Waals surface area contributed by atoms with E-state index in [0.29, 0.717) is 25.7 Å². The minimum absolute atomic E-state index is 0.0466. The van der Waals surface area contributed by atoms with E-state index in [1.807, 2.05) is 61.5 Å². The lowest BCUT2D eigenvalue weighted by Crippen LogP contribution is -2.39. The molecule has 0 saturated carbocycles. The fraction of sp³-hybridized carbons (Fsp3) is 0.391. The molecule has 0 bridgehead atoms. The van der Waals surface area contributed by atoms with Crippen LogP contribution in [0.4, 0.5) is 5.69 Å². The van der Waals surface area contributed by atoms with Gasteiger partial charge >= 0.3 is 0 Å². The first kappa shape index (κ1) is 20.1. The van der Waals surface area contributed by atoms with E-state index in [2.05, 4.69) is 10.6 Å². The van der Waals surface area contributed by atoms with Crippen LogP contribution in [0.2, 0.25) is 0 Å². The van der Waals surface area contributed by atoms with E-state index < -0.39 is 6.10 Å². The van der Waals surface area contributed by atoms with Crippen molar-refractivity contribution in [1.82, 2.24) is 5.32 Å². The normalized spacial score (nSPS) is 19.9. The minimum atomic E-state index is -0.474. The molecule has 5 heteroatoms. The minimum Gasteiger partial charge on any atom is -0.388 e. The quantitative estimate of drug-likeness (QED) is 0.653. The van der Waals surface area contributed by atoms with Gasteiger partial charge in [0.15, 0.2) is 0 Å². The second-order valence-corrected chi connectivity index (χ2v) is 7.82. The fourth-order valence-corrected chi connectivity index (χ4v) is 3.55. The highest BCUT2D eigenvalue weighted by atomic mass is 16.3. The van der Waals surface area contributed by atoms with E-state index in [1.54, 1.807) is 0 Å². The number of hydrogen-bond acceptors (Lipinski definition) is 3. The SMILES string of the molecule is CC1(CCC(=O)Nc2ccc(CCC(O)c3ccccc3)cc2)CCC(=O)N1. The smallest absolute Gasteiger partial charge is 0.224 e. The molecule has 2 unspecified atom stereocenters. The van der Waals surface area contributed by atoms with Crippen molar-refractivity contribution in [3.8, 4) is 0 Å². The van der Waals surface area contributed by atoms with Gasteiger partial charge in [-0.1, -0.05) is 42.5 Å². The molecule has 1 fully saturated rings. The Morgan fingerprint density at radius 3 is 2.54 bits per heavy atom. The summed E-state index contributed by atoms with van der Waals surface area (Å²) in [6.07, 6.45) is 3.28. The van der Waals surface area contributed by atoms with Crippen LogP contribution in [-0.4, -0.2) is 22.5 Å². The predicted molar refractivity (Wildman–Crippen MR) is 110 cm³/mol. The molecule has 0 aliphatic carbocycles. The van der Waals surface area contributed by atoms with E-state index in [1.165, 1.54) is 0 Å². The second-order valence-electron chi connectivity index (χ2n) is 7.82. The third-order valence-corrected chi connectivity index (χ3v) is 5.38. The molecule has 2 atom stereocenters. The largest absolute Gasteiger partial charge is 0.388 e. The zero-order chi connectivity index (χ0) is 20.0. The molecule has 28 heavy (non-hydrogen) atoms. The molecule has 2 amide bonds. The summed E-state index contributed by atoms with van der Waals surface area (Å²) in [5.74, 6) is 0.0190. The third kappa shape index (κ3) is 5.67. The molecule has 2 aromatic rings. The molecular weight excluding hydrogens is 352 g/mol. The molecule has 1 aliphatic rings. The number of benzene rings is 2. The molecule has 2 aromatic carbocycles. The van der Waals surface area contributed by atoms with E-state index in [9.17, 15) is 14.7 Å². The van der Waals surface area contributed by atoms with Gasteiger partial charge in [-0.15, -0.1) is 0 Å². The van der Waals surface area contributed by atoms with Gasteiger partial charge in [-0.05, 0) is 55.9 Å². The summed E-state index contributed by atoms with van der Waals surface area (Å²) < 4.78 is 0. The first-order chi connectivity index (χ1) is 13.4. The van der Waals surface area contributed by atoms with Crippen molar-refractivity contribution < 1.29 is 14.7 Å². The molecule has 0 radical (unpaired) electrons. The van der Waals surface area contributed by atoms with Gasteiger partial charge in [0.1, 0.15) is 0 Å². The summed E-state index contributed by atoms with van der Waals surface area (Å²) in [4.78, 5) is 23.6. The van der Waals surface area contributed by atoms with E-state index in [0.717, 1.165) is 29.7 Å². The van der Waals surface area contributed by atoms with Crippen LogP contribution in [0.1, 0.15) is 56.3 Å².